The molecule has 106 valence electrons. The number of anilines is 1. The molecule has 0 aliphatic heterocycles. The second-order valence-corrected chi connectivity index (χ2v) is 4.57. The Morgan fingerprint density at radius 3 is 2.90 bits per heavy atom. The summed E-state index contributed by atoms with van der Waals surface area (Å²) in [6.45, 7) is 4.24. The van der Waals surface area contributed by atoms with Crippen LogP contribution in [0.25, 0.3) is 0 Å². The number of hydrogen-bond acceptors (Lipinski definition) is 5. The average Bonchev–Trinajstić information content (AvgIpc) is 2.88. The topological polar surface area (TPSA) is 93.1 Å². The van der Waals surface area contributed by atoms with Crippen LogP contribution in [-0.2, 0) is 6.54 Å². The summed E-state index contributed by atoms with van der Waals surface area (Å²) in [4.78, 5) is 10.5. The number of aromatic amines is 1. The maximum atomic E-state index is 11.0. The number of hydrogen-bond donors (Lipinski definition) is 2. The number of nitro groups is 1. The minimum absolute atomic E-state index is 0.0347. The smallest absolute Gasteiger partial charge is 0.311 e. The van der Waals surface area contributed by atoms with Crippen LogP contribution in [0.2, 0.25) is 0 Å². The van der Waals surface area contributed by atoms with Crippen LogP contribution in [0.5, 0.6) is 5.75 Å². The molecule has 0 bridgehead atoms. The molecule has 1 aromatic heterocycles. The van der Waals surface area contributed by atoms with Crippen molar-refractivity contribution in [2.45, 2.75) is 26.5 Å². The van der Waals surface area contributed by atoms with Gasteiger partial charge in [-0.05, 0) is 19.9 Å². The predicted molar refractivity (Wildman–Crippen MR) is 74.8 cm³/mol. The molecular weight excluding hydrogens is 260 g/mol. The molecule has 2 N–H and O–H groups in total. The maximum absolute atomic E-state index is 11.0. The third-order valence-corrected chi connectivity index (χ3v) is 2.57. The molecule has 0 saturated heterocycles. The molecule has 0 saturated carbocycles. The van der Waals surface area contributed by atoms with E-state index in [1.54, 1.807) is 24.5 Å². The van der Waals surface area contributed by atoms with Gasteiger partial charge in [-0.3, -0.25) is 15.2 Å². The van der Waals surface area contributed by atoms with Crippen LogP contribution in [-0.4, -0.2) is 21.2 Å². The number of ether oxygens (including phenoxy) is 1. The highest BCUT2D eigenvalue weighted by Crippen LogP contribution is 2.31. The molecule has 0 fully saturated rings. The molecule has 7 nitrogen and oxygen atoms in total. The van der Waals surface area contributed by atoms with Gasteiger partial charge in [-0.25, -0.2) is 0 Å². The summed E-state index contributed by atoms with van der Waals surface area (Å²) in [5.41, 5.74) is 1.72. The summed E-state index contributed by atoms with van der Waals surface area (Å²) < 4.78 is 5.48. The third-order valence-electron chi connectivity index (χ3n) is 2.57. The van der Waals surface area contributed by atoms with Crippen molar-refractivity contribution in [2.24, 2.45) is 0 Å². The largest absolute Gasteiger partial charge is 0.484 e. The summed E-state index contributed by atoms with van der Waals surface area (Å²) >= 11 is 0. The van der Waals surface area contributed by atoms with Crippen LogP contribution in [0.4, 0.5) is 11.4 Å². The molecule has 0 unspecified atom stereocenters. The standard InChI is InChI=1S/C13H16N4O3/c1-9(2)20-13-5-11(3-4-12(13)17(18)19)14-6-10-7-15-16-8-10/h3-5,7-9,14H,6H2,1-2H3,(H,15,16). The molecule has 0 radical (unpaired) electrons. The molecule has 0 amide bonds. The SMILES string of the molecule is CC(C)Oc1cc(NCc2cn[nH]c2)ccc1[N+](=O)[O-]. The molecule has 0 aliphatic rings. The normalized spacial score (nSPS) is 10.6. The van der Waals surface area contributed by atoms with E-state index >= 15 is 0 Å². The second kappa shape index (κ2) is 6.05. The maximum Gasteiger partial charge on any atom is 0.311 e. The zero-order valence-electron chi connectivity index (χ0n) is 11.3. The Morgan fingerprint density at radius 1 is 1.50 bits per heavy atom. The van der Waals surface area contributed by atoms with E-state index in [9.17, 15) is 10.1 Å². The average molecular weight is 276 g/mol. The lowest BCUT2D eigenvalue weighted by Crippen LogP contribution is -2.08. The van der Waals surface area contributed by atoms with Gasteiger partial charge in [0.05, 0.1) is 17.2 Å². The Hall–Kier alpha value is -2.57. The highest BCUT2D eigenvalue weighted by molar-refractivity contribution is 5.58. The van der Waals surface area contributed by atoms with Gasteiger partial charge in [0.25, 0.3) is 0 Å². The number of nitrogens with zero attached hydrogens (tertiary/aromatic N) is 2. The van der Waals surface area contributed by atoms with Crippen molar-refractivity contribution in [3.63, 3.8) is 0 Å². The summed E-state index contributed by atoms with van der Waals surface area (Å²) in [5.74, 6) is 0.266. The van der Waals surface area contributed by atoms with Gasteiger partial charge in [-0.2, -0.15) is 5.10 Å². The molecule has 2 rings (SSSR count). The summed E-state index contributed by atoms with van der Waals surface area (Å²) in [7, 11) is 0. The first-order valence-electron chi connectivity index (χ1n) is 6.23. The molecule has 0 aliphatic carbocycles. The van der Waals surface area contributed by atoms with Gasteiger partial charge in [0.2, 0.25) is 0 Å². The van der Waals surface area contributed by atoms with Crippen molar-refractivity contribution in [3.05, 3.63) is 46.3 Å². The Labute approximate surface area is 116 Å². The fourth-order valence-electron chi connectivity index (χ4n) is 1.70. The van der Waals surface area contributed by atoms with Crippen LogP contribution in [0, 0.1) is 10.1 Å². The summed E-state index contributed by atoms with van der Waals surface area (Å²) in [5, 5.41) is 20.7. The van der Waals surface area contributed by atoms with Crippen LogP contribution in [0.15, 0.2) is 30.6 Å². The van der Waals surface area contributed by atoms with E-state index in [0.717, 1.165) is 11.3 Å². The van der Waals surface area contributed by atoms with Gasteiger partial charge in [0.15, 0.2) is 5.75 Å². The first-order valence-corrected chi connectivity index (χ1v) is 6.23. The van der Waals surface area contributed by atoms with Crippen molar-refractivity contribution in [1.29, 1.82) is 0 Å². The number of rotatable bonds is 6. The van der Waals surface area contributed by atoms with Gasteiger partial charge < -0.3 is 10.1 Å². The first-order chi connectivity index (χ1) is 9.56. The number of nitro benzene ring substituents is 1. The van der Waals surface area contributed by atoms with Gasteiger partial charge in [-0.15, -0.1) is 0 Å². The van der Waals surface area contributed by atoms with E-state index in [1.165, 1.54) is 6.07 Å². The van der Waals surface area contributed by atoms with Crippen molar-refractivity contribution in [1.82, 2.24) is 10.2 Å². The fourth-order valence-corrected chi connectivity index (χ4v) is 1.70. The van der Waals surface area contributed by atoms with E-state index in [1.807, 2.05) is 13.8 Å². The second-order valence-electron chi connectivity index (χ2n) is 4.57. The minimum atomic E-state index is -0.447. The molecule has 0 atom stereocenters. The Morgan fingerprint density at radius 2 is 2.30 bits per heavy atom. The van der Waals surface area contributed by atoms with Crippen molar-refractivity contribution >= 4 is 11.4 Å². The molecule has 1 heterocycles. The van der Waals surface area contributed by atoms with E-state index in [0.29, 0.717) is 6.54 Å². The van der Waals surface area contributed by atoms with Crippen molar-refractivity contribution in [3.8, 4) is 5.75 Å². The number of nitrogens with one attached hydrogen (secondary N) is 2. The number of aromatic nitrogens is 2. The van der Waals surface area contributed by atoms with Gasteiger partial charge in [0, 0.05) is 36.1 Å². The number of benzene rings is 1. The molecule has 1 aromatic carbocycles. The fraction of sp³-hybridized carbons (Fsp3) is 0.308. The van der Waals surface area contributed by atoms with Gasteiger partial charge >= 0.3 is 5.69 Å². The first kappa shape index (κ1) is 13.9. The predicted octanol–water partition coefficient (Wildman–Crippen LogP) is 2.72. The van der Waals surface area contributed by atoms with Crippen LogP contribution in [0.3, 0.4) is 0 Å². The highest BCUT2D eigenvalue weighted by Gasteiger charge is 2.16. The van der Waals surface area contributed by atoms with Crippen LogP contribution < -0.4 is 10.1 Å². The molecule has 7 heteroatoms. The molecular formula is C13H16N4O3. The monoisotopic (exact) mass is 276 g/mol. The Bertz CT molecular complexity index is 581. The Kier molecular flexibility index (Phi) is 4.19. The van der Waals surface area contributed by atoms with Crippen molar-refractivity contribution < 1.29 is 9.66 Å². The molecule has 2 aromatic rings. The van der Waals surface area contributed by atoms with E-state index in [-0.39, 0.29) is 17.5 Å². The van der Waals surface area contributed by atoms with Gasteiger partial charge in [0.1, 0.15) is 0 Å². The Balaban J connectivity index is 2.15. The summed E-state index contributed by atoms with van der Waals surface area (Å²) in [6, 6.07) is 4.74. The van der Waals surface area contributed by atoms with Crippen molar-refractivity contribution in [2.75, 3.05) is 5.32 Å². The number of H-pyrrole nitrogens is 1. The quantitative estimate of drug-likeness (QED) is 0.625. The van der Waals surface area contributed by atoms with E-state index < -0.39 is 4.92 Å². The zero-order valence-corrected chi connectivity index (χ0v) is 11.3. The third kappa shape index (κ3) is 3.47. The van der Waals surface area contributed by atoms with Gasteiger partial charge in [-0.1, -0.05) is 0 Å². The van der Waals surface area contributed by atoms with Crippen LogP contribution in [0.1, 0.15) is 19.4 Å². The molecule has 20 heavy (non-hydrogen) atoms. The molecule has 0 spiro atoms. The lowest BCUT2D eigenvalue weighted by atomic mass is 10.2. The van der Waals surface area contributed by atoms with E-state index in [4.69, 9.17) is 4.74 Å². The zero-order chi connectivity index (χ0) is 14.5. The highest BCUT2D eigenvalue weighted by atomic mass is 16.6. The lowest BCUT2D eigenvalue weighted by molar-refractivity contribution is -0.386. The van der Waals surface area contributed by atoms with Crippen LogP contribution >= 0.6 is 0 Å². The van der Waals surface area contributed by atoms with E-state index in [2.05, 4.69) is 15.5 Å². The lowest BCUT2D eigenvalue weighted by Gasteiger charge is -2.12. The minimum Gasteiger partial charge on any atom is -0.484 e. The summed E-state index contributed by atoms with van der Waals surface area (Å²) in [6.07, 6.45) is 3.37.